The van der Waals surface area contributed by atoms with Gasteiger partial charge in [0.2, 0.25) is 0 Å². The van der Waals surface area contributed by atoms with Crippen molar-refractivity contribution >= 4 is 29.3 Å². The summed E-state index contributed by atoms with van der Waals surface area (Å²) in [5.41, 5.74) is 1.79. The molecule has 6 heteroatoms. The van der Waals surface area contributed by atoms with E-state index in [1.165, 1.54) is 0 Å². The van der Waals surface area contributed by atoms with Crippen molar-refractivity contribution in [3.63, 3.8) is 0 Å². The van der Waals surface area contributed by atoms with E-state index in [1.807, 2.05) is 42.2 Å². The first-order valence-electron chi connectivity index (χ1n) is 11.3. The minimum atomic E-state index is -0.314. The Morgan fingerprint density at radius 3 is 2.41 bits per heavy atom. The summed E-state index contributed by atoms with van der Waals surface area (Å²) in [4.78, 5) is 28.5. The van der Waals surface area contributed by atoms with Crippen LogP contribution < -0.4 is 5.32 Å². The van der Waals surface area contributed by atoms with Crippen LogP contribution in [0, 0.1) is 23.2 Å². The van der Waals surface area contributed by atoms with E-state index in [9.17, 15) is 9.59 Å². The van der Waals surface area contributed by atoms with Gasteiger partial charge >= 0.3 is 12.0 Å². The Morgan fingerprint density at radius 2 is 1.78 bits per heavy atom. The average Bonchev–Trinajstić information content (AvgIpc) is 2.79. The van der Waals surface area contributed by atoms with E-state index >= 15 is 0 Å². The number of ether oxygens (including phenoxy) is 1. The molecule has 32 heavy (non-hydrogen) atoms. The number of urea groups is 1. The molecule has 170 valence electrons. The van der Waals surface area contributed by atoms with E-state index in [4.69, 9.17) is 16.3 Å². The lowest BCUT2D eigenvalue weighted by Gasteiger charge is -2.63. The van der Waals surface area contributed by atoms with Gasteiger partial charge in [0, 0.05) is 17.3 Å². The summed E-state index contributed by atoms with van der Waals surface area (Å²) in [5, 5.41) is 3.63. The summed E-state index contributed by atoms with van der Waals surface area (Å²) in [5.74, 6) is 0.220. The first kappa shape index (κ1) is 22.7. The summed E-state index contributed by atoms with van der Waals surface area (Å²) < 4.78 is 5.45. The summed E-state index contributed by atoms with van der Waals surface area (Å²) in [6.07, 6.45) is 1.79. The molecule has 3 saturated carbocycles. The van der Waals surface area contributed by atoms with Crippen molar-refractivity contribution in [1.82, 2.24) is 4.90 Å². The molecule has 5 rings (SSSR count). The van der Waals surface area contributed by atoms with Crippen molar-refractivity contribution in [3.05, 3.63) is 65.2 Å². The molecule has 0 spiro atoms. The molecule has 1 N–H and O–H groups in total. The second kappa shape index (κ2) is 9.14. The molecular weight excluding hydrogens is 424 g/mol. The van der Waals surface area contributed by atoms with Crippen LogP contribution in [0.25, 0.3) is 0 Å². The third-order valence-corrected chi connectivity index (χ3v) is 7.66. The molecule has 4 atom stereocenters. The normalized spacial score (nSPS) is 25.4. The topological polar surface area (TPSA) is 58.6 Å². The van der Waals surface area contributed by atoms with E-state index in [0.717, 1.165) is 18.4 Å². The lowest BCUT2D eigenvalue weighted by Crippen LogP contribution is -2.66. The Morgan fingerprint density at radius 1 is 1.09 bits per heavy atom. The van der Waals surface area contributed by atoms with Gasteiger partial charge in [-0.2, -0.15) is 0 Å². The van der Waals surface area contributed by atoms with E-state index in [2.05, 4.69) is 19.2 Å². The van der Waals surface area contributed by atoms with Crippen molar-refractivity contribution in [1.29, 1.82) is 0 Å². The van der Waals surface area contributed by atoms with Crippen molar-refractivity contribution < 1.29 is 14.3 Å². The highest BCUT2D eigenvalue weighted by Crippen LogP contribution is 2.62. The number of rotatable bonds is 6. The van der Waals surface area contributed by atoms with Gasteiger partial charge in [0.15, 0.2) is 0 Å². The molecule has 5 nitrogen and oxygen atoms in total. The van der Waals surface area contributed by atoms with Gasteiger partial charge in [0.1, 0.15) is 0 Å². The average molecular weight is 455 g/mol. The first-order chi connectivity index (χ1) is 15.3. The quantitative estimate of drug-likeness (QED) is 0.545. The second-order valence-electron chi connectivity index (χ2n) is 9.50. The van der Waals surface area contributed by atoms with Gasteiger partial charge in [0.05, 0.1) is 18.6 Å². The Labute approximate surface area is 195 Å². The molecule has 2 bridgehead atoms. The number of nitrogens with zero attached hydrogens (tertiary/aromatic N) is 1. The molecule has 3 aliphatic carbocycles. The number of carbonyl (C=O) groups excluding carboxylic acids is 2. The van der Waals surface area contributed by atoms with Crippen LogP contribution in [0.2, 0.25) is 5.02 Å². The summed E-state index contributed by atoms with van der Waals surface area (Å²) >= 11 is 6.00. The number of amides is 2. The predicted octanol–water partition coefficient (Wildman–Crippen LogP) is 5.99. The molecule has 0 aromatic heterocycles. The van der Waals surface area contributed by atoms with Gasteiger partial charge < -0.3 is 15.0 Å². The molecule has 3 fully saturated rings. The van der Waals surface area contributed by atoms with Crippen LogP contribution in [0.15, 0.2) is 54.6 Å². The maximum atomic E-state index is 13.6. The van der Waals surface area contributed by atoms with Gasteiger partial charge in [-0.3, -0.25) is 4.79 Å². The SMILES string of the molecule is CCOC(=O)[C@H]1C[C@H]2C[C@@H]([C@H]1N(Cc1ccccc1)C(=O)Nc1ccc(Cl)cc1)C2(C)C. The zero-order valence-corrected chi connectivity index (χ0v) is 19.6. The van der Waals surface area contributed by atoms with Crippen molar-refractivity contribution in [2.45, 2.75) is 46.2 Å². The largest absolute Gasteiger partial charge is 0.466 e. The predicted molar refractivity (Wildman–Crippen MR) is 126 cm³/mol. The number of nitrogens with one attached hydrogen (secondary N) is 1. The van der Waals surface area contributed by atoms with Crippen LogP contribution in [0.1, 0.15) is 39.2 Å². The number of carbonyl (C=O) groups is 2. The van der Waals surface area contributed by atoms with Crippen molar-refractivity contribution in [2.75, 3.05) is 11.9 Å². The molecule has 2 aromatic rings. The Hall–Kier alpha value is -2.53. The van der Waals surface area contributed by atoms with Crippen molar-refractivity contribution in [2.24, 2.45) is 23.2 Å². The third-order valence-electron chi connectivity index (χ3n) is 7.41. The smallest absolute Gasteiger partial charge is 0.322 e. The fourth-order valence-electron chi connectivity index (χ4n) is 5.50. The minimum absolute atomic E-state index is 0.0865. The van der Waals surface area contributed by atoms with Gasteiger partial charge in [-0.1, -0.05) is 55.8 Å². The zero-order valence-electron chi connectivity index (χ0n) is 18.9. The van der Waals surface area contributed by atoms with Crippen LogP contribution in [0.3, 0.4) is 0 Å². The Kier molecular flexibility index (Phi) is 6.47. The number of anilines is 1. The van der Waals surface area contributed by atoms with E-state index in [1.54, 1.807) is 24.3 Å². The maximum Gasteiger partial charge on any atom is 0.322 e. The van der Waals surface area contributed by atoms with Gasteiger partial charge in [-0.05, 0) is 66.8 Å². The first-order valence-corrected chi connectivity index (χ1v) is 11.7. The standard InChI is InChI=1S/C26H31ClN2O3/c1-4-32-24(30)21-14-18-15-22(26(18,2)3)23(21)29(16-17-8-6-5-7-9-17)25(31)28-20-12-10-19(27)11-13-20/h5-13,18,21-23H,4,14-16H2,1-3H3,(H,28,31)/t18-,21-,22-,23-/m0/s1. The van der Waals surface area contributed by atoms with E-state index in [-0.39, 0.29) is 35.3 Å². The summed E-state index contributed by atoms with van der Waals surface area (Å²) in [6, 6.07) is 16.6. The van der Waals surface area contributed by atoms with Crippen LogP contribution in [-0.2, 0) is 16.1 Å². The molecule has 2 amide bonds. The Balaban J connectivity index is 1.68. The number of hydrogen-bond acceptors (Lipinski definition) is 3. The lowest BCUT2D eigenvalue weighted by molar-refractivity contribution is -0.176. The molecule has 2 aromatic carbocycles. The number of hydrogen-bond donors (Lipinski definition) is 1. The maximum absolute atomic E-state index is 13.6. The molecular formula is C26H31ClN2O3. The highest BCUT2D eigenvalue weighted by molar-refractivity contribution is 6.30. The highest BCUT2D eigenvalue weighted by atomic mass is 35.5. The summed E-state index contributed by atoms with van der Waals surface area (Å²) in [6.45, 7) is 7.12. The molecule has 0 aliphatic heterocycles. The number of benzene rings is 2. The molecule has 0 saturated heterocycles. The highest BCUT2D eigenvalue weighted by Gasteiger charge is 2.61. The molecule has 0 heterocycles. The lowest BCUT2D eigenvalue weighted by atomic mass is 9.44. The van der Waals surface area contributed by atoms with Crippen molar-refractivity contribution in [3.8, 4) is 0 Å². The van der Waals surface area contributed by atoms with E-state index in [0.29, 0.717) is 29.8 Å². The van der Waals surface area contributed by atoms with Gasteiger partial charge in [-0.15, -0.1) is 0 Å². The molecule has 0 unspecified atom stereocenters. The Bertz CT molecular complexity index is 961. The number of halogens is 1. The third kappa shape index (κ3) is 4.36. The van der Waals surface area contributed by atoms with E-state index < -0.39 is 0 Å². The van der Waals surface area contributed by atoms with Crippen LogP contribution in [0.5, 0.6) is 0 Å². The minimum Gasteiger partial charge on any atom is -0.466 e. The summed E-state index contributed by atoms with van der Waals surface area (Å²) in [7, 11) is 0. The molecule has 3 aliphatic rings. The fraction of sp³-hybridized carbons (Fsp3) is 0.462. The fourth-order valence-corrected chi connectivity index (χ4v) is 5.63. The zero-order chi connectivity index (χ0) is 22.9. The number of fused-ring (bicyclic) bond motifs is 2. The van der Waals surface area contributed by atoms with Gasteiger partial charge in [-0.25, -0.2) is 4.79 Å². The van der Waals surface area contributed by atoms with Crippen LogP contribution in [-0.4, -0.2) is 29.5 Å². The monoisotopic (exact) mass is 454 g/mol. The second-order valence-corrected chi connectivity index (χ2v) is 9.93. The molecule has 0 radical (unpaired) electrons. The number of esters is 1. The van der Waals surface area contributed by atoms with Gasteiger partial charge in [0.25, 0.3) is 0 Å². The van der Waals surface area contributed by atoms with Crippen LogP contribution in [0.4, 0.5) is 10.5 Å². The van der Waals surface area contributed by atoms with Crippen LogP contribution >= 0.6 is 11.6 Å².